The van der Waals surface area contributed by atoms with Gasteiger partial charge in [0.2, 0.25) is 29.5 Å². The Kier molecular flexibility index (Phi) is 23.0. The molecule has 22 N–H and O–H groups in total. The van der Waals surface area contributed by atoms with Gasteiger partial charge in [-0.15, -0.1) is 0 Å². The zero-order valence-corrected chi connectivity index (χ0v) is 38.3. The molecule has 422 valence electrons. The van der Waals surface area contributed by atoms with Crippen molar-refractivity contribution in [2.24, 2.45) is 11.5 Å². The number of carboxylic acids is 3. The zero-order valence-electron chi connectivity index (χ0n) is 38.3. The fourth-order valence-corrected chi connectivity index (χ4v) is 7.50. The molecule has 5 amide bonds. The lowest BCUT2D eigenvalue weighted by Crippen LogP contribution is -2.67. The molecule has 4 aliphatic heterocycles. The van der Waals surface area contributed by atoms with Crippen LogP contribution in [0, 0.1) is 0 Å². The van der Waals surface area contributed by atoms with Gasteiger partial charge in [0, 0.05) is 0 Å². The first-order chi connectivity index (χ1) is 34.7. The van der Waals surface area contributed by atoms with Crippen LogP contribution in [-0.4, -0.2) is 293 Å². The summed E-state index contributed by atoms with van der Waals surface area (Å²) in [6.07, 6.45) is -39.9. The second kappa shape index (κ2) is 27.7. The van der Waals surface area contributed by atoms with Crippen LogP contribution in [-0.2, 0) is 76.3 Å². The summed E-state index contributed by atoms with van der Waals surface area (Å²) in [6.45, 7) is -5.34. The van der Waals surface area contributed by atoms with E-state index in [0.29, 0.717) is 0 Å². The lowest BCUT2D eigenvalue weighted by Gasteiger charge is -2.48. The maximum Gasteiger partial charge on any atom is 0.335 e. The molecule has 74 heavy (non-hydrogen) atoms. The number of rotatable bonds is 25. The maximum absolute atomic E-state index is 12.8. The van der Waals surface area contributed by atoms with Gasteiger partial charge in [0.05, 0.1) is 45.8 Å². The summed E-state index contributed by atoms with van der Waals surface area (Å²) in [7, 11) is 0. The van der Waals surface area contributed by atoms with Crippen LogP contribution in [0.2, 0.25) is 0 Å². The van der Waals surface area contributed by atoms with Crippen LogP contribution in [0.5, 0.6) is 0 Å². The SMILES string of the molecule is NC(=O)C[C@H](NC(=O)[C@H](CC(=O)O)NC(=O)CNC(=O)[C@@H](N)CO[C@@H]1OC[C@@H](O[C@@H]2O[C@H](CO)[C@H](O)[C@H](O[C@@H]3O[C@H](CO)[C@H](O)[C@H](O[C@@H]4O[C@H](C(=O)O)[C@@H](O)[C@H](O)[C@H]4O)[C@H]3O)[C@H]2O)[C@H](O)[C@H]1O)C(=O)NCC(=O)O. The summed E-state index contributed by atoms with van der Waals surface area (Å²) in [5.74, 6) is -10.8. The fraction of sp³-hybridized carbons (Fsp3) is 0.789. The molecule has 4 saturated heterocycles. The normalized spacial score (nSPS) is 36.5. The van der Waals surface area contributed by atoms with E-state index in [-0.39, 0.29) is 0 Å². The number of carbonyl (C=O) groups is 8. The van der Waals surface area contributed by atoms with Crippen LogP contribution in [0.3, 0.4) is 0 Å². The van der Waals surface area contributed by atoms with Crippen molar-refractivity contribution in [3.8, 4) is 0 Å². The maximum atomic E-state index is 12.8. The molecule has 0 aliphatic carbocycles. The van der Waals surface area contributed by atoms with Crippen LogP contribution in [0.1, 0.15) is 12.8 Å². The molecular weight excluding hydrogens is 1020 g/mol. The Morgan fingerprint density at radius 2 is 1.07 bits per heavy atom. The van der Waals surface area contributed by atoms with Crippen molar-refractivity contribution in [1.29, 1.82) is 0 Å². The van der Waals surface area contributed by atoms with Crippen molar-refractivity contribution in [2.45, 2.75) is 148 Å². The number of nitrogens with one attached hydrogen (secondary N) is 4. The molecule has 36 nitrogen and oxygen atoms in total. The van der Waals surface area contributed by atoms with E-state index in [9.17, 15) is 105 Å². The molecule has 36 heteroatoms. The number of aliphatic hydroxyl groups is 11. The Labute approximate surface area is 414 Å². The highest BCUT2D eigenvalue weighted by molar-refractivity contribution is 5.97. The summed E-state index contributed by atoms with van der Waals surface area (Å²) < 4.78 is 43.4. The molecular formula is C38H60N6O30. The lowest BCUT2D eigenvalue weighted by molar-refractivity contribution is -0.385. The molecule has 0 spiro atoms. The predicted octanol–water partition coefficient (Wildman–Crippen LogP) is -14.0. The molecule has 4 rings (SSSR count). The van der Waals surface area contributed by atoms with E-state index >= 15 is 0 Å². The van der Waals surface area contributed by atoms with Gasteiger partial charge in [-0.3, -0.25) is 33.6 Å². The summed E-state index contributed by atoms with van der Waals surface area (Å²) >= 11 is 0. The monoisotopic (exact) mass is 1080 g/mol. The van der Waals surface area contributed by atoms with Crippen LogP contribution >= 0.6 is 0 Å². The minimum Gasteiger partial charge on any atom is -0.481 e. The van der Waals surface area contributed by atoms with Crippen molar-refractivity contribution < 1.29 is 148 Å². The standard InChI is InChI=1S/C38H60N6O30/c39-9(31(62)41-3-16(48)43-11(2-17(49)50)33(64)44-10(1-15(40)47)32(63)42-4-18(51)52)7-67-35-24(58)19(53)14(8-68-35)71-37-26(60)28(20(54)12(5-45)69-37)73-38-27(61)29(21(55)13(6-46)70-38)72-36-25(59)22(56)23(57)30(74-36)34(65)66/h9-14,19-30,35-38,45-46,53-61H,1-8,39H2,(H2,40,47)(H,41,62)(H,42,63)(H,43,48)(H,44,64)(H,49,50)(H,51,52)(H,65,66)/t9-,10-,11-,12+,13+,14+,19-,20-,21-,22-,23-,24+,25+,26+,27+,28-,29-,30-,35+,36+,37-,38-/m0/s1. The fourth-order valence-electron chi connectivity index (χ4n) is 7.50. The van der Waals surface area contributed by atoms with E-state index in [2.05, 4.69) is 5.32 Å². The molecule has 4 fully saturated rings. The smallest absolute Gasteiger partial charge is 0.335 e. The van der Waals surface area contributed by atoms with Crippen molar-refractivity contribution >= 4 is 47.4 Å². The van der Waals surface area contributed by atoms with E-state index in [1.54, 1.807) is 0 Å². The number of primary amides is 1. The van der Waals surface area contributed by atoms with Crippen molar-refractivity contribution in [1.82, 2.24) is 21.3 Å². The van der Waals surface area contributed by atoms with Crippen LogP contribution in [0.4, 0.5) is 0 Å². The highest BCUT2D eigenvalue weighted by Crippen LogP contribution is 2.34. The molecule has 4 heterocycles. The Morgan fingerprint density at radius 3 is 1.58 bits per heavy atom. The Morgan fingerprint density at radius 1 is 0.554 bits per heavy atom. The first kappa shape index (κ1) is 61.5. The molecule has 0 saturated carbocycles. The molecule has 0 radical (unpaired) electrons. The molecule has 0 unspecified atom stereocenters. The number of hydrogen-bond acceptors (Lipinski definition) is 28. The summed E-state index contributed by atoms with van der Waals surface area (Å²) in [6, 6.07) is -5.35. The number of aliphatic carboxylic acids is 3. The zero-order chi connectivity index (χ0) is 55.5. The number of amides is 5. The number of ether oxygens (including phenoxy) is 8. The lowest BCUT2D eigenvalue weighted by atomic mass is 9.96. The van der Waals surface area contributed by atoms with E-state index < -0.39 is 235 Å². The minimum absolute atomic E-state index is 0.681. The first-order valence-electron chi connectivity index (χ1n) is 22.1. The van der Waals surface area contributed by atoms with Crippen LogP contribution in [0.25, 0.3) is 0 Å². The highest BCUT2D eigenvalue weighted by Gasteiger charge is 2.55. The van der Waals surface area contributed by atoms with Gasteiger partial charge in [-0.25, -0.2) is 4.79 Å². The average Bonchev–Trinajstić information content (AvgIpc) is 3.33. The largest absolute Gasteiger partial charge is 0.481 e. The van der Waals surface area contributed by atoms with Gasteiger partial charge < -0.3 is 142 Å². The van der Waals surface area contributed by atoms with Gasteiger partial charge in [0.1, 0.15) is 110 Å². The Balaban J connectivity index is 1.32. The van der Waals surface area contributed by atoms with Gasteiger partial charge in [0.25, 0.3) is 0 Å². The van der Waals surface area contributed by atoms with E-state index in [1.165, 1.54) is 0 Å². The first-order valence-corrected chi connectivity index (χ1v) is 22.1. The van der Waals surface area contributed by atoms with Crippen molar-refractivity contribution in [2.75, 3.05) is 39.5 Å². The highest BCUT2D eigenvalue weighted by atomic mass is 16.8. The molecule has 0 aromatic heterocycles. The topological polar surface area (TPSA) is 594 Å². The Hall–Kier alpha value is -5.04. The third-order valence-corrected chi connectivity index (χ3v) is 11.5. The summed E-state index contributed by atoms with van der Waals surface area (Å²) in [5.41, 5.74) is 10.9. The number of carboxylic acid groups (broad SMARTS) is 3. The van der Waals surface area contributed by atoms with Crippen molar-refractivity contribution in [3.63, 3.8) is 0 Å². The molecule has 0 bridgehead atoms. The summed E-state index contributed by atoms with van der Waals surface area (Å²) in [4.78, 5) is 95.8. The minimum atomic E-state index is -2.22. The third-order valence-electron chi connectivity index (χ3n) is 11.5. The van der Waals surface area contributed by atoms with Gasteiger partial charge in [-0.1, -0.05) is 0 Å². The molecule has 22 atom stereocenters. The molecule has 4 aliphatic rings. The number of carbonyl (C=O) groups excluding carboxylic acids is 5. The number of aliphatic hydroxyl groups excluding tert-OH is 11. The van der Waals surface area contributed by atoms with Crippen LogP contribution in [0.15, 0.2) is 0 Å². The van der Waals surface area contributed by atoms with Gasteiger partial charge in [0.15, 0.2) is 31.3 Å². The van der Waals surface area contributed by atoms with Gasteiger partial charge >= 0.3 is 17.9 Å². The second-order valence-corrected chi connectivity index (χ2v) is 16.9. The van der Waals surface area contributed by atoms with Gasteiger partial charge in [-0.2, -0.15) is 0 Å². The van der Waals surface area contributed by atoms with E-state index in [4.69, 9.17) is 54.5 Å². The quantitative estimate of drug-likeness (QED) is 0.0404. The third kappa shape index (κ3) is 16.0. The Bertz CT molecular complexity index is 1960. The van der Waals surface area contributed by atoms with Crippen molar-refractivity contribution in [3.05, 3.63) is 0 Å². The molecule has 0 aromatic rings. The van der Waals surface area contributed by atoms with Crippen LogP contribution < -0.4 is 32.7 Å². The number of nitrogens with two attached hydrogens (primary N) is 2. The predicted molar refractivity (Wildman–Crippen MR) is 224 cm³/mol. The van der Waals surface area contributed by atoms with E-state index in [1.807, 2.05) is 16.0 Å². The van der Waals surface area contributed by atoms with E-state index in [0.717, 1.165) is 0 Å². The van der Waals surface area contributed by atoms with Gasteiger partial charge in [-0.05, 0) is 0 Å². The number of hydrogen-bond donors (Lipinski definition) is 20. The molecule has 0 aromatic carbocycles. The average molecular weight is 1080 g/mol. The summed E-state index contributed by atoms with van der Waals surface area (Å²) in [5, 5.41) is 152. The second-order valence-electron chi connectivity index (χ2n) is 16.9.